The quantitative estimate of drug-likeness (QED) is 0.849. The summed E-state index contributed by atoms with van der Waals surface area (Å²) < 4.78 is 40.8. The molecular weight excluding hydrogens is 223 g/mol. The second-order valence-electron chi connectivity index (χ2n) is 3.55. The van der Waals surface area contributed by atoms with Gasteiger partial charge < -0.3 is 9.84 Å². The third kappa shape index (κ3) is 4.18. The number of hydrogen-bond acceptors (Lipinski definition) is 4. The summed E-state index contributed by atoms with van der Waals surface area (Å²) >= 11 is 0. The molecule has 1 atom stereocenters. The van der Waals surface area contributed by atoms with Crippen LogP contribution in [0.4, 0.5) is 13.2 Å². The number of alkyl halides is 3. The average molecular weight is 237 g/mol. The van der Waals surface area contributed by atoms with Gasteiger partial charge in [-0.3, -0.25) is 0 Å². The van der Waals surface area contributed by atoms with Gasteiger partial charge in [-0.15, -0.1) is 0 Å². The highest BCUT2D eigenvalue weighted by molar-refractivity contribution is 4.94. The van der Waals surface area contributed by atoms with E-state index < -0.39 is 12.6 Å². The summed E-state index contributed by atoms with van der Waals surface area (Å²) in [5.41, 5.74) is 0. The van der Waals surface area contributed by atoms with Gasteiger partial charge in [0.25, 0.3) is 0 Å². The predicted molar refractivity (Wildman–Crippen MR) is 51.0 cm³/mol. The summed E-state index contributed by atoms with van der Waals surface area (Å²) in [6.45, 7) is 5.14. The molecule has 1 heterocycles. The Labute approximate surface area is 91.2 Å². The van der Waals surface area contributed by atoms with Crippen molar-refractivity contribution < 1.29 is 17.7 Å². The Morgan fingerprint density at radius 1 is 1.44 bits per heavy atom. The van der Waals surface area contributed by atoms with E-state index in [1.54, 1.807) is 0 Å². The van der Waals surface area contributed by atoms with E-state index in [0.717, 1.165) is 6.54 Å². The molecule has 16 heavy (non-hydrogen) atoms. The van der Waals surface area contributed by atoms with Crippen LogP contribution in [0, 0.1) is 0 Å². The zero-order valence-corrected chi connectivity index (χ0v) is 9.14. The van der Waals surface area contributed by atoms with E-state index in [-0.39, 0.29) is 17.6 Å². The molecule has 0 saturated carbocycles. The number of halogens is 3. The highest BCUT2D eigenvalue weighted by Gasteiger charge is 2.31. The topological polar surface area (TPSA) is 51.0 Å². The van der Waals surface area contributed by atoms with Crippen LogP contribution in [0.25, 0.3) is 0 Å². The van der Waals surface area contributed by atoms with Crippen molar-refractivity contribution in [1.82, 2.24) is 15.5 Å². The minimum absolute atomic E-state index is 0.0885. The lowest BCUT2D eigenvalue weighted by Gasteiger charge is -2.05. The minimum atomic E-state index is -4.30. The lowest BCUT2D eigenvalue weighted by Crippen LogP contribution is -2.19. The molecule has 4 nitrogen and oxygen atoms in total. The van der Waals surface area contributed by atoms with E-state index in [1.165, 1.54) is 0 Å². The number of nitrogens with zero attached hydrogens (tertiary/aromatic N) is 2. The van der Waals surface area contributed by atoms with Crippen LogP contribution < -0.4 is 5.32 Å². The molecule has 92 valence electrons. The Balaban J connectivity index is 2.57. The molecule has 0 fully saturated rings. The minimum Gasteiger partial charge on any atom is -0.339 e. The van der Waals surface area contributed by atoms with Crippen molar-refractivity contribution in [1.29, 1.82) is 0 Å². The van der Waals surface area contributed by atoms with E-state index in [9.17, 15) is 13.2 Å². The maximum atomic E-state index is 12.0. The molecule has 0 saturated heterocycles. The van der Waals surface area contributed by atoms with Crippen LogP contribution in [0.1, 0.15) is 31.5 Å². The van der Waals surface area contributed by atoms with Crippen LogP contribution >= 0.6 is 0 Å². The van der Waals surface area contributed by atoms with Gasteiger partial charge in [0.2, 0.25) is 5.89 Å². The van der Waals surface area contributed by atoms with Crippen molar-refractivity contribution in [2.24, 2.45) is 0 Å². The first-order valence-electron chi connectivity index (χ1n) is 5.02. The fourth-order valence-electron chi connectivity index (χ4n) is 1.17. The van der Waals surface area contributed by atoms with Crippen molar-refractivity contribution in [3.8, 4) is 0 Å². The Morgan fingerprint density at radius 3 is 2.69 bits per heavy atom. The fourth-order valence-corrected chi connectivity index (χ4v) is 1.17. The molecule has 1 unspecified atom stereocenters. The maximum Gasteiger partial charge on any atom is 0.396 e. The van der Waals surface area contributed by atoms with Crippen molar-refractivity contribution >= 4 is 0 Å². The molecule has 1 N–H and O–H groups in total. The molecule has 0 radical (unpaired) electrons. The monoisotopic (exact) mass is 237 g/mol. The first-order valence-corrected chi connectivity index (χ1v) is 5.02. The molecule has 1 rings (SSSR count). The van der Waals surface area contributed by atoms with Crippen LogP contribution in [-0.4, -0.2) is 29.4 Å². The molecule has 0 aliphatic rings. The lowest BCUT2D eigenvalue weighted by atomic mass is 10.2. The molecule has 0 spiro atoms. The number of aromatic nitrogens is 2. The highest BCUT2D eigenvalue weighted by atomic mass is 19.4. The third-order valence-corrected chi connectivity index (χ3v) is 1.96. The van der Waals surface area contributed by atoms with Gasteiger partial charge >= 0.3 is 6.18 Å². The average Bonchev–Trinajstić information content (AvgIpc) is 2.59. The summed E-state index contributed by atoms with van der Waals surface area (Å²) in [5, 5.41) is 6.35. The number of likely N-dealkylation sites (N-methyl/N-ethyl adjacent to an activating group) is 1. The van der Waals surface area contributed by atoms with E-state index in [0.29, 0.717) is 6.54 Å². The van der Waals surface area contributed by atoms with Gasteiger partial charge in [0, 0.05) is 12.5 Å². The largest absolute Gasteiger partial charge is 0.396 e. The Kier molecular flexibility index (Phi) is 4.28. The summed E-state index contributed by atoms with van der Waals surface area (Å²) in [5.74, 6) is -0.166. The second kappa shape index (κ2) is 5.29. The fraction of sp³-hybridized carbons (Fsp3) is 0.778. The van der Waals surface area contributed by atoms with Crippen molar-refractivity contribution in [2.45, 2.75) is 32.4 Å². The summed E-state index contributed by atoms with van der Waals surface area (Å²) in [4.78, 5) is 3.71. The Morgan fingerprint density at radius 2 is 2.12 bits per heavy atom. The van der Waals surface area contributed by atoms with Gasteiger partial charge in [0.05, 0.1) is 0 Å². The van der Waals surface area contributed by atoms with Crippen LogP contribution in [0.5, 0.6) is 0 Å². The molecule has 0 bridgehead atoms. The SMILES string of the molecule is CCNCC(C)c1nc(CC(F)(F)F)no1. The summed E-state index contributed by atoms with van der Waals surface area (Å²) in [6.07, 6.45) is -5.45. The van der Waals surface area contributed by atoms with Gasteiger partial charge in [-0.1, -0.05) is 19.0 Å². The van der Waals surface area contributed by atoms with Gasteiger partial charge in [-0.25, -0.2) is 0 Å². The van der Waals surface area contributed by atoms with Crippen LogP contribution in [0.2, 0.25) is 0 Å². The van der Waals surface area contributed by atoms with Crippen LogP contribution in [0.15, 0.2) is 4.52 Å². The first-order chi connectivity index (χ1) is 7.42. The van der Waals surface area contributed by atoms with E-state index >= 15 is 0 Å². The zero-order chi connectivity index (χ0) is 12.2. The first kappa shape index (κ1) is 13.0. The molecule has 0 amide bonds. The van der Waals surface area contributed by atoms with Crippen molar-refractivity contribution in [2.75, 3.05) is 13.1 Å². The van der Waals surface area contributed by atoms with Crippen LogP contribution in [-0.2, 0) is 6.42 Å². The van der Waals surface area contributed by atoms with Gasteiger partial charge in [0.15, 0.2) is 5.82 Å². The van der Waals surface area contributed by atoms with E-state index in [1.807, 2.05) is 13.8 Å². The predicted octanol–water partition coefficient (Wildman–Crippen LogP) is 1.89. The van der Waals surface area contributed by atoms with Gasteiger partial charge in [0.1, 0.15) is 6.42 Å². The molecule has 7 heteroatoms. The lowest BCUT2D eigenvalue weighted by molar-refractivity contribution is -0.128. The van der Waals surface area contributed by atoms with Crippen LogP contribution in [0.3, 0.4) is 0 Å². The van der Waals surface area contributed by atoms with Crippen molar-refractivity contribution in [3.63, 3.8) is 0 Å². The molecule has 0 aliphatic heterocycles. The Hall–Kier alpha value is -1.11. The van der Waals surface area contributed by atoms with E-state index in [4.69, 9.17) is 4.52 Å². The number of hydrogen-bond donors (Lipinski definition) is 1. The highest BCUT2D eigenvalue weighted by Crippen LogP contribution is 2.20. The Bertz CT molecular complexity index is 324. The van der Waals surface area contributed by atoms with Gasteiger partial charge in [-0.05, 0) is 6.54 Å². The summed E-state index contributed by atoms with van der Waals surface area (Å²) in [6, 6.07) is 0. The summed E-state index contributed by atoms with van der Waals surface area (Å²) in [7, 11) is 0. The third-order valence-electron chi connectivity index (χ3n) is 1.96. The standard InChI is InChI=1S/C9H14F3N3O/c1-3-13-5-6(2)8-14-7(15-16-8)4-9(10,11)12/h6,13H,3-5H2,1-2H3. The van der Waals surface area contributed by atoms with Crippen molar-refractivity contribution in [3.05, 3.63) is 11.7 Å². The molecule has 1 aromatic heterocycles. The zero-order valence-electron chi connectivity index (χ0n) is 9.14. The number of rotatable bonds is 5. The van der Waals surface area contributed by atoms with Gasteiger partial charge in [-0.2, -0.15) is 18.2 Å². The maximum absolute atomic E-state index is 12.0. The molecule has 0 aliphatic carbocycles. The normalized spacial score (nSPS) is 14.1. The number of nitrogens with one attached hydrogen (secondary N) is 1. The van der Waals surface area contributed by atoms with E-state index in [2.05, 4.69) is 15.5 Å². The molecular formula is C9H14F3N3O. The smallest absolute Gasteiger partial charge is 0.339 e. The molecule has 0 aromatic carbocycles. The molecule has 1 aromatic rings. The second-order valence-corrected chi connectivity index (χ2v) is 3.55.